The minimum atomic E-state index is -1.29. The summed E-state index contributed by atoms with van der Waals surface area (Å²) in [4.78, 5) is 30.8. The van der Waals surface area contributed by atoms with Crippen molar-refractivity contribution in [3.8, 4) is 0 Å². The van der Waals surface area contributed by atoms with E-state index in [9.17, 15) is 19.1 Å². The Kier molecular flexibility index (Phi) is 6.37. The molecule has 0 bridgehead atoms. The molecule has 2 atom stereocenters. The first kappa shape index (κ1) is 22.5. The van der Waals surface area contributed by atoms with Crippen molar-refractivity contribution in [1.82, 2.24) is 15.1 Å². The zero-order chi connectivity index (χ0) is 22.9. The number of β-amino-alcohol motifs (C(OH)–C–C–N with tert-alkyl or cyclic N) is 1. The standard InChI is InChI=1S/C23H26ClFN4O3/c1-23(16-6-8-17(25)9-7-16)21(31)29(22(32)26-23)15-18(30)14-27-10-12-28(13-11-27)20-5-3-2-4-19(20)24/h2-9,18,30H,10-15H2,1H3,(H,26,32). The number of nitrogens with zero attached hydrogens (tertiary/aromatic N) is 3. The van der Waals surface area contributed by atoms with Gasteiger partial charge in [0.1, 0.15) is 11.4 Å². The molecule has 2 unspecified atom stereocenters. The van der Waals surface area contributed by atoms with E-state index >= 15 is 0 Å². The summed E-state index contributed by atoms with van der Waals surface area (Å²) in [6.45, 7) is 4.82. The molecule has 0 spiro atoms. The third kappa shape index (κ3) is 4.44. The molecule has 7 nitrogen and oxygen atoms in total. The molecular formula is C23H26ClFN4O3. The topological polar surface area (TPSA) is 76.1 Å². The molecular weight excluding hydrogens is 435 g/mol. The van der Waals surface area contributed by atoms with Gasteiger partial charge in [0.25, 0.3) is 5.91 Å². The Hall–Kier alpha value is -2.68. The lowest BCUT2D eigenvalue weighted by Crippen LogP contribution is -2.50. The number of piperazine rings is 1. The number of imide groups is 1. The summed E-state index contributed by atoms with van der Waals surface area (Å²) in [5.74, 6) is -0.882. The molecule has 0 aromatic heterocycles. The van der Waals surface area contributed by atoms with E-state index in [1.807, 2.05) is 24.3 Å². The number of amides is 3. The summed E-state index contributed by atoms with van der Waals surface area (Å²) in [6.07, 6.45) is -0.882. The highest BCUT2D eigenvalue weighted by Gasteiger charge is 2.49. The Bertz CT molecular complexity index is 997. The SMILES string of the molecule is CC1(c2ccc(F)cc2)NC(=O)N(CC(O)CN2CCN(c3ccccc3Cl)CC2)C1=O. The van der Waals surface area contributed by atoms with Gasteiger partial charge in [0.2, 0.25) is 0 Å². The fraction of sp³-hybridized carbons (Fsp3) is 0.391. The summed E-state index contributed by atoms with van der Waals surface area (Å²) in [5, 5.41) is 14.0. The summed E-state index contributed by atoms with van der Waals surface area (Å²) < 4.78 is 13.3. The van der Waals surface area contributed by atoms with Crippen molar-refractivity contribution in [2.45, 2.75) is 18.6 Å². The summed E-state index contributed by atoms with van der Waals surface area (Å²) in [5.41, 5.74) is 0.198. The van der Waals surface area contributed by atoms with Crippen LogP contribution in [-0.4, -0.2) is 72.2 Å². The monoisotopic (exact) mass is 460 g/mol. The Morgan fingerprint density at radius 2 is 1.72 bits per heavy atom. The van der Waals surface area contributed by atoms with Crippen LogP contribution in [-0.2, 0) is 10.3 Å². The van der Waals surface area contributed by atoms with Gasteiger partial charge in [-0.3, -0.25) is 14.6 Å². The second kappa shape index (κ2) is 9.05. The van der Waals surface area contributed by atoms with E-state index in [4.69, 9.17) is 11.6 Å². The average molecular weight is 461 g/mol. The number of hydrogen-bond donors (Lipinski definition) is 2. The van der Waals surface area contributed by atoms with Crippen molar-refractivity contribution in [2.24, 2.45) is 0 Å². The van der Waals surface area contributed by atoms with Gasteiger partial charge in [-0.2, -0.15) is 0 Å². The third-order valence-electron chi connectivity index (χ3n) is 6.12. The molecule has 2 heterocycles. The van der Waals surface area contributed by atoms with Crippen LogP contribution in [0.25, 0.3) is 0 Å². The number of rotatable bonds is 6. The minimum absolute atomic E-state index is 0.105. The maximum absolute atomic E-state index is 13.3. The van der Waals surface area contributed by atoms with Crippen LogP contribution < -0.4 is 10.2 Å². The van der Waals surface area contributed by atoms with Crippen LogP contribution in [0.15, 0.2) is 48.5 Å². The van der Waals surface area contributed by atoms with Gasteiger partial charge in [0.05, 0.1) is 23.4 Å². The molecule has 2 aliphatic heterocycles. The van der Waals surface area contributed by atoms with Crippen molar-refractivity contribution in [1.29, 1.82) is 0 Å². The lowest BCUT2D eigenvalue weighted by Gasteiger charge is -2.37. The van der Waals surface area contributed by atoms with Gasteiger partial charge in [-0.15, -0.1) is 0 Å². The van der Waals surface area contributed by atoms with Crippen LogP contribution >= 0.6 is 11.6 Å². The predicted molar refractivity (Wildman–Crippen MR) is 120 cm³/mol. The lowest BCUT2D eigenvalue weighted by molar-refractivity contribution is -0.132. The highest BCUT2D eigenvalue weighted by molar-refractivity contribution is 6.33. The molecule has 0 aliphatic carbocycles. The second-order valence-electron chi connectivity index (χ2n) is 8.37. The largest absolute Gasteiger partial charge is 0.390 e. The van der Waals surface area contributed by atoms with Crippen LogP contribution in [0.1, 0.15) is 12.5 Å². The number of halogens is 2. The normalized spacial score (nSPS) is 22.9. The number of nitrogens with one attached hydrogen (secondary N) is 1. The molecule has 0 saturated carbocycles. The van der Waals surface area contributed by atoms with Gasteiger partial charge in [0.15, 0.2) is 0 Å². The van der Waals surface area contributed by atoms with E-state index in [0.29, 0.717) is 17.1 Å². The maximum atomic E-state index is 13.3. The number of hydrogen-bond acceptors (Lipinski definition) is 5. The van der Waals surface area contributed by atoms with Crippen molar-refractivity contribution in [3.63, 3.8) is 0 Å². The fourth-order valence-electron chi connectivity index (χ4n) is 4.29. The molecule has 2 fully saturated rings. The first-order chi connectivity index (χ1) is 15.3. The van der Waals surface area contributed by atoms with Crippen LogP contribution in [0.3, 0.4) is 0 Å². The number of carbonyl (C=O) groups excluding carboxylic acids is 2. The zero-order valence-electron chi connectivity index (χ0n) is 17.8. The van der Waals surface area contributed by atoms with Gasteiger partial charge in [-0.1, -0.05) is 35.9 Å². The Morgan fingerprint density at radius 1 is 1.06 bits per heavy atom. The number of para-hydroxylation sites is 1. The Labute approximate surface area is 191 Å². The van der Waals surface area contributed by atoms with Gasteiger partial charge in [-0.05, 0) is 36.8 Å². The van der Waals surface area contributed by atoms with Crippen molar-refractivity contribution >= 4 is 29.2 Å². The van der Waals surface area contributed by atoms with Gasteiger partial charge in [-0.25, -0.2) is 9.18 Å². The van der Waals surface area contributed by atoms with Crippen molar-refractivity contribution in [2.75, 3.05) is 44.2 Å². The van der Waals surface area contributed by atoms with Gasteiger partial charge >= 0.3 is 6.03 Å². The average Bonchev–Trinajstić information content (AvgIpc) is 2.99. The molecule has 2 aromatic rings. The van der Waals surface area contributed by atoms with Crippen LogP contribution in [0.5, 0.6) is 0 Å². The number of aliphatic hydroxyl groups is 1. The van der Waals surface area contributed by atoms with E-state index in [-0.39, 0.29) is 6.54 Å². The second-order valence-corrected chi connectivity index (χ2v) is 8.78. The molecule has 2 N–H and O–H groups in total. The first-order valence-electron chi connectivity index (χ1n) is 10.6. The van der Waals surface area contributed by atoms with Gasteiger partial charge in [0, 0.05) is 32.7 Å². The maximum Gasteiger partial charge on any atom is 0.325 e. The predicted octanol–water partition coefficient (Wildman–Crippen LogP) is 2.43. The Morgan fingerprint density at radius 3 is 2.38 bits per heavy atom. The van der Waals surface area contributed by atoms with Crippen LogP contribution in [0.4, 0.5) is 14.9 Å². The molecule has 2 aliphatic rings. The van der Waals surface area contributed by atoms with Crippen molar-refractivity contribution < 1.29 is 19.1 Å². The number of carbonyl (C=O) groups is 2. The summed E-state index contributed by atoms with van der Waals surface area (Å²) >= 11 is 6.29. The van der Waals surface area contributed by atoms with Gasteiger partial charge < -0.3 is 15.3 Å². The molecule has 3 amide bonds. The lowest BCUT2D eigenvalue weighted by atomic mass is 9.92. The third-order valence-corrected chi connectivity index (χ3v) is 6.44. The van der Waals surface area contributed by atoms with E-state index in [1.54, 1.807) is 6.92 Å². The fourth-order valence-corrected chi connectivity index (χ4v) is 4.54. The molecule has 9 heteroatoms. The summed E-state index contributed by atoms with van der Waals surface area (Å²) in [7, 11) is 0. The molecule has 4 rings (SSSR count). The minimum Gasteiger partial charge on any atom is -0.390 e. The quantitative estimate of drug-likeness (QED) is 0.647. The zero-order valence-corrected chi connectivity index (χ0v) is 18.6. The van der Waals surface area contributed by atoms with Crippen LogP contribution in [0, 0.1) is 5.82 Å². The molecule has 170 valence electrons. The van der Waals surface area contributed by atoms with E-state index in [0.717, 1.165) is 36.8 Å². The van der Waals surface area contributed by atoms with E-state index < -0.39 is 29.4 Å². The first-order valence-corrected chi connectivity index (χ1v) is 11.0. The van der Waals surface area contributed by atoms with E-state index in [2.05, 4.69) is 15.1 Å². The number of aliphatic hydroxyl groups excluding tert-OH is 1. The van der Waals surface area contributed by atoms with Crippen molar-refractivity contribution in [3.05, 3.63) is 64.9 Å². The highest BCUT2D eigenvalue weighted by Crippen LogP contribution is 2.29. The number of urea groups is 1. The highest BCUT2D eigenvalue weighted by atomic mass is 35.5. The van der Waals surface area contributed by atoms with E-state index in [1.165, 1.54) is 24.3 Å². The van der Waals surface area contributed by atoms with Crippen LogP contribution in [0.2, 0.25) is 5.02 Å². The molecule has 32 heavy (non-hydrogen) atoms. The number of anilines is 1. The number of benzene rings is 2. The smallest absolute Gasteiger partial charge is 0.325 e. The Balaban J connectivity index is 1.33. The molecule has 2 aromatic carbocycles. The molecule has 2 saturated heterocycles. The summed E-state index contributed by atoms with van der Waals surface area (Å²) in [6, 6.07) is 12.6. The molecule has 0 radical (unpaired) electrons.